The van der Waals surface area contributed by atoms with Crippen LogP contribution in [0.1, 0.15) is 35.4 Å². The number of hydrogen-bond acceptors (Lipinski definition) is 5. The number of nitrogens with one attached hydrogen (secondary N) is 1. The molecule has 1 aliphatic heterocycles. The average Bonchev–Trinajstić information content (AvgIpc) is 3.21. The minimum Gasteiger partial charge on any atom is -0.352 e. The van der Waals surface area contributed by atoms with E-state index < -0.39 is 0 Å². The number of benzene rings is 2. The van der Waals surface area contributed by atoms with Crippen molar-refractivity contribution in [2.45, 2.75) is 40.2 Å². The zero-order valence-electron chi connectivity index (χ0n) is 20.3. The number of piperidine rings is 1. The summed E-state index contributed by atoms with van der Waals surface area (Å²) in [4.78, 5) is 15.1. The summed E-state index contributed by atoms with van der Waals surface area (Å²) in [7, 11) is 0. The number of rotatable bonds is 5. The maximum atomic E-state index is 13.5. The Morgan fingerprint density at radius 3 is 2.69 bits per heavy atom. The van der Waals surface area contributed by atoms with Gasteiger partial charge in [-0.25, -0.2) is 9.07 Å². The molecule has 1 unspecified atom stereocenters. The highest BCUT2D eigenvalue weighted by Crippen LogP contribution is 2.31. The van der Waals surface area contributed by atoms with Gasteiger partial charge in [-0.15, -0.1) is 5.10 Å². The van der Waals surface area contributed by atoms with Crippen LogP contribution in [0.2, 0.25) is 0 Å². The van der Waals surface area contributed by atoms with Crippen molar-refractivity contribution in [3.8, 4) is 5.69 Å². The molecule has 35 heavy (non-hydrogen) atoms. The predicted octanol–water partition coefficient (Wildman–Crippen LogP) is 4.41. The predicted molar refractivity (Wildman–Crippen MR) is 134 cm³/mol. The number of hydrogen-bond donors (Lipinski definition) is 1. The second-order valence-electron chi connectivity index (χ2n) is 9.30. The van der Waals surface area contributed by atoms with Crippen LogP contribution in [0.15, 0.2) is 48.5 Å². The van der Waals surface area contributed by atoms with Crippen LogP contribution in [0.5, 0.6) is 0 Å². The summed E-state index contributed by atoms with van der Waals surface area (Å²) in [5.41, 5.74) is 5.58. The SMILES string of the molecule is Cc1ccc(-n2nc3c(N4CCCC(C(=O)NCc5cccc(F)c5)C4)nnc(C)c3c2C)cc1. The van der Waals surface area contributed by atoms with E-state index in [2.05, 4.69) is 51.6 Å². The molecular weight excluding hydrogens is 443 g/mol. The zero-order valence-corrected chi connectivity index (χ0v) is 20.3. The summed E-state index contributed by atoms with van der Waals surface area (Å²) in [6, 6.07) is 14.6. The number of amides is 1. The van der Waals surface area contributed by atoms with Gasteiger partial charge < -0.3 is 10.2 Å². The molecule has 1 atom stereocenters. The largest absolute Gasteiger partial charge is 0.352 e. The molecule has 4 aromatic rings. The van der Waals surface area contributed by atoms with Crippen molar-refractivity contribution in [3.05, 3.63) is 76.9 Å². The third-order valence-electron chi connectivity index (χ3n) is 6.71. The Balaban J connectivity index is 1.39. The lowest BCUT2D eigenvalue weighted by atomic mass is 9.97. The molecular formula is C27H29FN6O. The van der Waals surface area contributed by atoms with Gasteiger partial charge >= 0.3 is 0 Å². The standard InChI is InChI=1S/C27H29FN6O/c1-17-9-11-23(12-10-17)34-19(3)24-18(2)30-31-26(25(24)32-34)33-13-5-7-21(16-33)27(35)29-15-20-6-4-8-22(28)14-20/h4,6,8-12,14,21H,5,7,13,15-16H2,1-3H3,(H,29,35). The van der Waals surface area contributed by atoms with Crippen molar-refractivity contribution in [1.29, 1.82) is 0 Å². The third-order valence-corrected chi connectivity index (χ3v) is 6.71. The van der Waals surface area contributed by atoms with Crippen LogP contribution in [0, 0.1) is 32.5 Å². The molecule has 2 aromatic heterocycles. The van der Waals surface area contributed by atoms with E-state index in [4.69, 9.17) is 5.10 Å². The van der Waals surface area contributed by atoms with Gasteiger partial charge in [0.1, 0.15) is 11.3 Å². The summed E-state index contributed by atoms with van der Waals surface area (Å²) in [6.45, 7) is 7.70. The van der Waals surface area contributed by atoms with Crippen LogP contribution in [0.25, 0.3) is 16.6 Å². The molecule has 0 radical (unpaired) electrons. The number of carbonyl (C=O) groups excluding carboxylic acids is 1. The Kier molecular flexibility index (Phi) is 6.19. The Labute approximate surface area is 204 Å². The summed E-state index contributed by atoms with van der Waals surface area (Å²) in [5.74, 6) is 0.192. The number of halogens is 1. The molecule has 3 heterocycles. The van der Waals surface area contributed by atoms with E-state index in [0.29, 0.717) is 18.9 Å². The maximum absolute atomic E-state index is 13.5. The van der Waals surface area contributed by atoms with E-state index >= 15 is 0 Å². The molecule has 0 bridgehead atoms. The van der Waals surface area contributed by atoms with Gasteiger partial charge in [0.15, 0.2) is 5.82 Å². The first-order valence-corrected chi connectivity index (χ1v) is 12.0. The summed E-state index contributed by atoms with van der Waals surface area (Å²) < 4.78 is 15.4. The molecule has 0 aliphatic carbocycles. The molecule has 1 saturated heterocycles. The Morgan fingerprint density at radius 1 is 1.11 bits per heavy atom. The maximum Gasteiger partial charge on any atom is 0.225 e. The summed E-state index contributed by atoms with van der Waals surface area (Å²) >= 11 is 0. The van der Waals surface area contributed by atoms with Gasteiger partial charge in [-0.2, -0.15) is 10.2 Å². The van der Waals surface area contributed by atoms with Gasteiger partial charge in [-0.3, -0.25) is 4.79 Å². The lowest BCUT2D eigenvalue weighted by molar-refractivity contribution is -0.125. The van der Waals surface area contributed by atoms with Crippen molar-refractivity contribution in [1.82, 2.24) is 25.3 Å². The molecule has 1 fully saturated rings. The fourth-order valence-corrected chi connectivity index (χ4v) is 4.83. The van der Waals surface area contributed by atoms with Crippen molar-refractivity contribution < 1.29 is 9.18 Å². The lowest BCUT2D eigenvalue weighted by Crippen LogP contribution is -2.43. The fourth-order valence-electron chi connectivity index (χ4n) is 4.83. The van der Waals surface area contributed by atoms with Crippen molar-refractivity contribution >= 4 is 22.6 Å². The van der Waals surface area contributed by atoms with E-state index in [-0.39, 0.29) is 17.6 Å². The first-order valence-electron chi connectivity index (χ1n) is 12.0. The van der Waals surface area contributed by atoms with E-state index in [9.17, 15) is 9.18 Å². The number of aryl methyl sites for hydroxylation is 3. The topological polar surface area (TPSA) is 75.9 Å². The summed E-state index contributed by atoms with van der Waals surface area (Å²) in [5, 5.41) is 17.9. The van der Waals surface area contributed by atoms with E-state index in [0.717, 1.165) is 52.9 Å². The monoisotopic (exact) mass is 472 g/mol. The minimum atomic E-state index is -0.303. The average molecular weight is 473 g/mol. The normalized spacial score (nSPS) is 16.0. The Hall–Kier alpha value is -3.81. The molecule has 8 heteroatoms. The molecule has 180 valence electrons. The molecule has 5 rings (SSSR count). The van der Waals surface area contributed by atoms with Gasteiger partial charge in [-0.05, 0) is 63.4 Å². The number of aromatic nitrogens is 4. The first-order chi connectivity index (χ1) is 16.9. The number of anilines is 1. The van der Waals surface area contributed by atoms with Crippen LogP contribution >= 0.6 is 0 Å². The molecule has 1 aliphatic rings. The van der Waals surface area contributed by atoms with E-state index in [1.165, 1.54) is 17.7 Å². The van der Waals surface area contributed by atoms with Gasteiger partial charge in [0.2, 0.25) is 5.91 Å². The highest BCUT2D eigenvalue weighted by molar-refractivity contribution is 5.92. The molecule has 1 N–H and O–H groups in total. The lowest BCUT2D eigenvalue weighted by Gasteiger charge is -2.32. The first kappa shape index (κ1) is 23.0. The van der Waals surface area contributed by atoms with Crippen LogP contribution in [-0.4, -0.2) is 39.0 Å². The van der Waals surface area contributed by atoms with Gasteiger partial charge in [0.25, 0.3) is 0 Å². The Morgan fingerprint density at radius 2 is 1.91 bits per heavy atom. The van der Waals surface area contributed by atoms with Crippen LogP contribution in [-0.2, 0) is 11.3 Å². The van der Waals surface area contributed by atoms with Crippen LogP contribution in [0.3, 0.4) is 0 Å². The smallest absolute Gasteiger partial charge is 0.225 e. The molecule has 0 spiro atoms. The van der Waals surface area contributed by atoms with Gasteiger partial charge in [0, 0.05) is 19.6 Å². The zero-order chi connectivity index (χ0) is 24.5. The Bertz CT molecular complexity index is 1380. The van der Waals surface area contributed by atoms with Crippen molar-refractivity contribution in [2.75, 3.05) is 18.0 Å². The quantitative estimate of drug-likeness (QED) is 0.466. The molecule has 7 nitrogen and oxygen atoms in total. The summed E-state index contributed by atoms with van der Waals surface area (Å²) in [6.07, 6.45) is 1.66. The molecule has 2 aromatic carbocycles. The minimum absolute atomic E-state index is 0.0309. The highest BCUT2D eigenvalue weighted by Gasteiger charge is 2.29. The highest BCUT2D eigenvalue weighted by atomic mass is 19.1. The molecule has 0 saturated carbocycles. The van der Waals surface area contributed by atoms with E-state index in [1.807, 2.05) is 24.6 Å². The second-order valence-corrected chi connectivity index (χ2v) is 9.30. The van der Waals surface area contributed by atoms with E-state index in [1.54, 1.807) is 6.07 Å². The van der Waals surface area contributed by atoms with Crippen molar-refractivity contribution in [2.24, 2.45) is 5.92 Å². The molecule has 1 amide bonds. The van der Waals surface area contributed by atoms with Gasteiger partial charge in [-0.1, -0.05) is 29.8 Å². The van der Waals surface area contributed by atoms with Gasteiger partial charge in [0.05, 0.1) is 28.4 Å². The van der Waals surface area contributed by atoms with Crippen LogP contribution in [0.4, 0.5) is 10.2 Å². The third kappa shape index (κ3) is 4.60. The van der Waals surface area contributed by atoms with Crippen molar-refractivity contribution in [3.63, 3.8) is 0 Å². The second kappa shape index (κ2) is 9.44. The number of fused-ring (bicyclic) bond motifs is 1. The fraction of sp³-hybridized carbons (Fsp3) is 0.333. The number of carbonyl (C=O) groups is 1. The van der Waals surface area contributed by atoms with Crippen LogP contribution < -0.4 is 10.2 Å². The number of nitrogens with zero attached hydrogens (tertiary/aromatic N) is 5.